The molecule has 4 aliphatic rings. The van der Waals surface area contributed by atoms with Crippen molar-refractivity contribution in [3.8, 4) is 11.1 Å². The van der Waals surface area contributed by atoms with Gasteiger partial charge in [-0.3, -0.25) is 9.97 Å². The summed E-state index contributed by atoms with van der Waals surface area (Å²) in [6.45, 7) is 8.63. The molecule has 10 heterocycles. The topological polar surface area (TPSA) is 183 Å². The predicted molar refractivity (Wildman–Crippen MR) is 239 cm³/mol. The minimum Gasteiger partial charge on any atom is -0.355 e. The van der Waals surface area contributed by atoms with Crippen LogP contribution < -0.4 is 0 Å². The van der Waals surface area contributed by atoms with Gasteiger partial charge in [-0.2, -0.15) is 0 Å². The molecule has 0 fully saturated rings. The van der Waals surface area contributed by atoms with Gasteiger partial charge in [-0.15, -0.1) is 0 Å². The zero-order chi connectivity index (χ0) is 41.9. The lowest BCUT2D eigenvalue weighted by Gasteiger charge is -2.18. The van der Waals surface area contributed by atoms with E-state index in [1.165, 1.54) is 12.5 Å². The summed E-state index contributed by atoms with van der Waals surface area (Å²) in [5.74, 6) is 0. The van der Waals surface area contributed by atoms with Crippen molar-refractivity contribution in [1.82, 2.24) is 39.9 Å². The average Bonchev–Trinajstić information content (AvgIpc) is 3.99. The summed E-state index contributed by atoms with van der Waals surface area (Å²) in [6, 6.07) is 23.1. The first-order chi connectivity index (χ1) is 28.4. The maximum Gasteiger partial charge on any atom is 0.179 e. The Bertz CT molecular complexity index is 3280. The fourth-order valence-corrected chi connectivity index (χ4v) is 10.7. The van der Waals surface area contributed by atoms with E-state index < -0.39 is 30.5 Å². The zero-order valence-corrected chi connectivity index (χ0v) is 35.5. The Balaban J connectivity index is 1.43. The van der Waals surface area contributed by atoms with Crippen molar-refractivity contribution in [3.63, 3.8) is 0 Å². The lowest BCUT2D eigenvalue weighted by atomic mass is 9.83. The van der Waals surface area contributed by atoms with Crippen LogP contribution in [0.3, 0.4) is 0 Å². The molecule has 12 nitrogen and oxygen atoms in total. The first kappa shape index (κ1) is 37.9. The van der Waals surface area contributed by atoms with Gasteiger partial charge in [0.1, 0.15) is 9.79 Å². The Kier molecular flexibility index (Phi) is 8.24. The summed E-state index contributed by atoms with van der Waals surface area (Å²) in [5, 5.41) is 0. The van der Waals surface area contributed by atoms with Gasteiger partial charge in [0.15, 0.2) is 19.7 Å². The minimum atomic E-state index is -3.81. The molecule has 6 aromatic rings. The molecule has 6 aromatic heterocycles. The predicted octanol–water partition coefficient (Wildman–Crippen LogP) is 8.80. The molecule has 16 bridgehead atoms. The smallest absolute Gasteiger partial charge is 0.179 e. The van der Waals surface area contributed by atoms with Gasteiger partial charge in [0.05, 0.1) is 45.2 Å². The van der Waals surface area contributed by atoms with Gasteiger partial charge in [-0.25, -0.2) is 26.8 Å². The number of aromatic amines is 4. The van der Waals surface area contributed by atoms with Crippen LogP contribution in [-0.4, -0.2) is 69.2 Å². The van der Waals surface area contributed by atoms with E-state index in [2.05, 4.69) is 59.8 Å². The number of rotatable bonds is 3. The van der Waals surface area contributed by atoms with Gasteiger partial charge in [0, 0.05) is 91.8 Å². The van der Waals surface area contributed by atoms with Crippen molar-refractivity contribution in [2.24, 2.45) is 0 Å². The van der Waals surface area contributed by atoms with Crippen molar-refractivity contribution in [2.45, 2.75) is 61.2 Å². The summed E-state index contributed by atoms with van der Waals surface area (Å²) in [5.41, 5.74) is 11.1. The summed E-state index contributed by atoms with van der Waals surface area (Å²) in [7, 11) is -7.62. The van der Waals surface area contributed by atoms with Crippen molar-refractivity contribution < 1.29 is 16.8 Å². The van der Waals surface area contributed by atoms with E-state index in [1.807, 2.05) is 48.5 Å². The quantitative estimate of drug-likeness (QED) is 0.136. The molecule has 0 aliphatic carbocycles. The Morgan fingerprint density at radius 3 is 1.22 bits per heavy atom. The Morgan fingerprint density at radius 1 is 0.467 bits per heavy atom. The second-order valence-corrected chi connectivity index (χ2v) is 21.3. The summed E-state index contributed by atoms with van der Waals surface area (Å²) < 4.78 is 54.6. The number of nitrogens with zero attached hydrogens (tertiary/aromatic N) is 4. The van der Waals surface area contributed by atoms with Crippen LogP contribution in [-0.2, 0) is 43.3 Å². The summed E-state index contributed by atoms with van der Waals surface area (Å²) in [6.07, 6.45) is 10.5. The highest BCUT2D eigenvalue weighted by molar-refractivity contribution is 7.91. The molecule has 302 valence electrons. The number of nitrogens with one attached hydrogen (secondary N) is 4. The second-order valence-electron chi connectivity index (χ2n) is 17.4. The molecule has 0 saturated heterocycles. The molecule has 60 heavy (non-hydrogen) atoms. The third kappa shape index (κ3) is 6.59. The molecule has 4 N–H and O–H groups in total. The van der Waals surface area contributed by atoms with Crippen LogP contribution in [0.1, 0.15) is 73.2 Å². The van der Waals surface area contributed by atoms with E-state index >= 15 is 0 Å². The molecular weight excluding hydrogens is 793 g/mol. The van der Waals surface area contributed by atoms with Crippen molar-refractivity contribution in [2.75, 3.05) is 12.5 Å². The van der Waals surface area contributed by atoms with Crippen LogP contribution in [0.4, 0.5) is 0 Å². The molecule has 0 amide bonds. The van der Waals surface area contributed by atoms with Gasteiger partial charge < -0.3 is 19.9 Å². The first-order valence-electron chi connectivity index (χ1n) is 19.6. The van der Waals surface area contributed by atoms with E-state index in [9.17, 15) is 16.8 Å². The number of hydrogen-bond acceptors (Lipinski definition) is 8. The third-order valence-corrected chi connectivity index (χ3v) is 13.9. The average molecular weight is 835 g/mol. The SMILES string of the molecule is CC1(C)Cc2nc1cc1ccc(cc3nc(c(S(C)(=O)=O)c4ccc([nH]4)c2-c2c4nc(cc5ccc(cc6nc(c(S(C)(=O)=O)c7ccc2[nH]7)C=C6)[nH]5)C(C)(C)C4)C=C3)[nH]1. The minimum absolute atomic E-state index is 0.0625. The maximum atomic E-state index is 13.7. The number of fused-ring (bicyclic) bond motifs is 16. The van der Waals surface area contributed by atoms with Crippen molar-refractivity contribution in [1.29, 1.82) is 0 Å². The Hall–Kier alpha value is -6.38. The van der Waals surface area contributed by atoms with Crippen LogP contribution in [0.2, 0.25) is 0 Å². The molecule has 10 rings (SSSR count). The van der Waals surface area contributed by atoms with Gasteiger partial charge in [-0.1, -0.05) is 27.7 Å². The summed E-state index contributed by atoms with van der Waals surface area (Å²) >= 11 is 0. The van der Waals surface area contributed by atoms with Crippen LogP contribution in [0.5, 0.6) is 0 Å². The van der Waals surface area contributed by atoms with E-state index in [0.717, 1.165) is 44.8 Å². The third-order valence-electron chi connectivity index (χ3n) is 11.5. The molecule has 0 radical (unpaired) electrons. The molecule has 14 heteroatoms. The molecule has 0 spiro atoms. The number of sulfone groups is 2. The van der Waals surface area contributed by atoms with Crippen molar-refractivity contribution >= 4 is 88.1 Å². The van der Waals surface area contributed by atoms with E-state index in [0.29, 0.717) is 68.8 Å². The number of aromatic nitrogens is 8. The molecule has 0 aromatic carbocycles. The maximum absolute atomic E-state index is 13.7. The Morgan fingerprint density at radius 2 is 0.833 bits per heavy atom. The fraction of sp³-hybridized carbons (Fsp3) is 0.217. The summed E-state index contributed by atoms with van der Waals surface area (Å²) in [4.78, 5) is 34.4. The van der Waals surface area contributed by atoms with Gasteiger partial charge in [0.2, 0.25) is 0 Å². The molecule has 0 saturated carbocycles. The number of H-pyrrole nitrogens is 4. The molecular formula is C46H42N8O4S2. The molecule has 0 unspecified atom stereocenters. The van der Waals surface area contributed by atoms with E-state index in [-0.39, 0.29) is 9.79 Å². The highest BCUT2D eigenvalue weighted by Crippen LogP contribution is 2.43. The van der Waals surface area contributed by atoms with E-state index in [1.54, 1.807) is 36.4 Å². The van der Waals surface area contributed by atoms with Crippen LogP contribution in [0.15, 0.2) is 82.6 Å². The highest BCUT2D eigenvalue weighted by Gasteiger charge is 2.35. The van der Waals surface area contributed by atoms with Crippen LogP contribution >= 0.6 is 0 Å². The first-order valence-corrected chi connectivity index (χ1v) is 23.4. The van der Waals surface area contributed by atoms with Gasteiger partial charge in [0.25, 0.3) is 0 Å². The van der Waals surface area contributed by atoms with E-state index in [4.69, 9.17) is 19.9 Å². The normalized spacial score (nSPS) is 15.8. The van der Waals surface area contributed by atoms with Gasteiger partial charge in [-0.05, 0) is 97.1 Å². The van der Waals surface area contributed by atoms with Crippen LogP contribution in [0, 0.1) is 0 Å². The number of hydrogen-bond donors (Lipinski definition) is 4. The highest BCUT2D eigenvalue weighted by atomic mass is 32.2. The standard InChI is InChI=1S/C46H42N8O4S2/c1-45(2)23-37-41(31-15-17-35(51-31)43(59(5,55)56)33-13-11-27(49-33)19-25-7-9-29(47-25)21-39(45)53-37)42-32-16-18-36(52-32)44(60(6,57)58)34-14-12-28(50-34)20-26-8-10-30(48-26)22-40-46(3,4)24-38(42)54-40/h7-22,47-48,51-52H,23-24H2,1-6H3. The Labute approximate surface area is 346 Å². The molecule has 0 atom stereocenters. The largest absolute Gasteiger partial charge is 0.355 e. The van der Waals surface area contributed by atoms with Crippen LogP contribution in [0.25, 0.3) is 79.6 Å². The lowest BCUT2D eigenvalue weighted by Crippen LogP contribution is -2.15. The van der Waals surface area contributed by atoms with Gasteiger partial charge >= 0.3 is 0 Å². The zero-order valence-electron chi connectivity index (χ0n) is 33.9. The van der Waals surface area contributed by atoms with Crippen molar-refractivity contribution in [3.05, 3.63) is 118 Å². The fourth-order valence-electron chi connectivity index (χ4n) is 8.68. The monoisotopic (exact) mass is 834 g/mol. The molecule has 4 aliphatic heterocycles. The lowest BCUT2D eigenvalue weighted by molar-refractivity contribution is 0.542. The second kappa shape index (κ2) is 13.1.